The summed E-state index contributed by atoms with van der Waals surface area (Å²) in [6.45, 7) is 4.40. The molecule has 1 unspecified atom stereocenters. The number of benzene rings is 1. The zero-order valence-corrected chi connectivity index (χ0v) is 19.3. The molecule has 4 amide bonds. The number of nitrogens with one attached hydrogen (secondary N) is 3. The van der Waals surface area contributed by atoms with Gasteiger partial charge >= 0.3 is 6.03 Å². The number of likely N-dealkylation sites (tertiary alicyclic amines) is 1. The smallest absolute Gasteiger partial charge is 0.315 e. The van der Waals surface area contributed by atoms with E-state index in [1.54, 1.807) is 18.7 Å². The topological polar surface area (TPSA) is 90.5 Å². The standard InChI is InChI=1S/C24H34F2N4O3/c1-15(2)21(29-22(31)20-18(25)9-6-10-19(20)26)23(32)30-13-11-17(12-14-30)28-24(33)27-16-7-4-3-5-8-16/h6,9-10,15-17,21H,3-5,7-8,11-14H2,1-2H3,(H,29,31)(H2,27,28,33). The minimum Gasteiger partial charge on any atom is -0.341 e. The Balaban J connectivity index is 1.52. The molecule has 9 heteroatoms. The van der Waals surface area contributed by atoms with E-state index in [1.807, 2.05) is 0 Å². The van der Waals surface area contributed by atoms with Gasteiger partial charge in [0.15, 0.2) is 0 Å². The molecule has 3 rings (SSSR count). The maximum Gasteiger partial charge on any atom is 0.315 e. The minimum absolute atomic E-state index is 0.0303. The first-order valence-corrected chi connectivity index (χ1v) is 11.9. The van der Waals surface area contributed by atoms with Gasteiger partial charge in [0.1, 0.15) is 23.2 Å². The van der Waals surface area contributed by atoms with E-state index in [0.29, 0.717) is 25.9 Å². The van der Waals surface area contributed by atoms with Gasteiger partial charge in [-0.3, -0.25) is 9.59 Å². The molecule has 2 aliphatic rings. The van der Waals surface area contributed by atoms with Crippen molar-refractivity contribution in [2.24, 2.45) is 5.92 Å². The summed E-state index contributed by atoms with van der Waals surface area (Å²) in [5.41, 5.74) is -0.692. The third-order valence-electron chi connectivity index (χ3n) is 6.49. The van der Waals surface area contributed by atoms with Gasteiger partial charge in [0.2, 0.25) is 5.91 Å². The van der Waals surface area contributed by atoms with E-state index in [2.05, 4.69) is 16.0 Å². The average molecular weight is 465 g/mol. The van der Waals surface area contributed by atoms with Crippen molar-refractivity contribution in [3.05, 3.63) is 35.4 Å². The number of hydrogen-bond acceptors (Lipinski definition) is 3. The van der Waals surface area contributed by atoms with E-state index in [9.17, 15) is 23.2 Å². The molecular formula is C24H34F2N4O3. The van der Waals surface area contributed by atoms with Crippen LogP contribution in [0.5, 0.6) is 0 Å². The number of nitrogens with zero attached hydrogens (tertiary/aromatic N) is 1. The van der Waals surface area contributed by atoms with Gasteiger partial charge in [-0.05, 0) is 43.7 Å². The summed E-state index contributed by atoms with van der Waals surface area (Å²) in [6, 6.07) is 2.33. The molecule has 1 saturated heterocycles. The molecule has 0 bridgehead atoms. The summed E-state index contributed by atoms with van der Waals surface area (Å²) in [6.07, 6.45) is 6.73. The predicted molar refractivity (Wildman–Crippen MR) is 121 cm³/mol. The highest BCUT2D eigenvalue weighted by Crippen LogP contribution is 2.19. The molecule has 3 N–H and O–H groups in total. The second-order valence-electron chi connectivity index (χ2n) is 9.34. The molecule has 1 atom stereocenters. The summed E-state index contributed by atoms with van der Waals surface area (Å²) in [7, 11) is 0. The number of amides is 4. The van der Waals surface area contributed by atoms with Crippen LogP contribution in [0, 0.1) is 17.6 Å². The van der Waals surface area contributed by atoms with Crippen LogP contribution in [0.4, 0.5) is 13.6 Å². The molecule has 182 valence electrons. The van der Waals surface area contributed by atoms with Crippen molar-refractivity contribution < 1.29 is 23.2 Å². The Morgan fingerprint density at radius 3 is 2.00 bits per heavy atom. The molecule has 1 aromatic carbocycles. The lowest BCUT2D eigenvalue weighted by Crippen LogP contribution is -2.55. The van der Waals surface area contributed by atoms with Crippen LogP contribution in [0.2, 0.25) is 0 Å². The largest absolute Gasteiger partial charge is 0.341 e. The highest BCUT2D eigenvalue weighted by molar-refractivity contribution is 5.98. The van der Waals surface area contributed by atoms with Crippen LogP contribution in [0.25, 0.3) is 0 Å². The highest BCUT2D eigenvalue weighted by atomic mass is 19.1. The van der Waals surface area contributed by atoms with Gasteiger partial charge in [-0.2, -0.15) is 0 Å². The molecule has 1 saturated carbocycles. The van der Waals surface area contributed by atoms with Gasteiger partial charge in [0, 0.05) is 25.2 Å². The van der Waals surface area contributed by atoms with Gasteiger partial charge in [-0.25, -0.2) is 13.6 Å². The summed E-state index contributed by atoms with van der Waals surface area (Å²) in [5.74, 6) is -3.45. The van der Waals surface area contributed by atoms with E-state index in [4.69, 9.17) is 0 Å². The number of carbonyl (C=O) groups is 3. The van der Waals surface area contributed by atoms with E-state index in [0.717, 1.165) is 37.8 Å². The molecular weight excluding hydrogens is 430 g/mol. The summed E-state index contributed by atoms with van der Waals surface area (Å²) >= 11 is 0. The number of hydrogen-bond donors (Lipinski definition) is 3. The fourth-order valence-electron chi connectivity index (χ4n) is 4.54. The SMILES string of the molecule is CC(C)C(NC(=O)c1c(F)cccc1F)C(=O)N1CCC(NC(=O)NC2CCCCC2)CC1. The quantitative estimate of drug-likeness (QED) is 0.603. The van der Waals surface area contributed by atoms with Crippen LogP contribution in [0.3, 0.4) is 0 Å². The van der Waals surface area contributed by atoms with Crippen LogP contribution < -0.4 is 16.0 Å². The lowest BCUT2D eigenvalue weighted by Gasteiger charge is -2.36. The lowest BCUT2D eigenvalue weighted by molar-refractivity contribution is -0.135. The monoisotopic (exact) mass is 464 g/mol. The average Bonchev–Trinajstić information content (AvgIpc) is 2.78. The number of urea groups is 1. The van der Waals surface area contributed by atoms with Crippen molar-refractivity contribution in [3.8, 4) is 0 Å². The fraction of sp³-hybridized carbons (Fsp3) is 0.625. The minimum atomic E-state index is -0.971. The first kappa shape index (κ1) is 24.9. The van der Waals surface area contributed by atoms with Crippen molar-refractivity contribution >= 4 is 17.8 Å². The van der Waals surface area contributed by atoms with Crippen molar-refractivity contribution in [1.82, 2.24) is 20.9 Å². The Morgan fingerprint density at radius 2 is 1.45 bits per heavy atom. The molecule has 1 heterocycles. The Hall–Kier alpha value is -2.71. The molecule has 1 aliphatic heterocycles. The Kier molecular flexibility index (Phi) is 8.63. The van der Waals surface area contributed by atoms with Gasteiger partial charge < -0.3 is 20.9 Å². The van der Waals surface area contributed by atoms with E-state index in [-0.39, 0.29) is 29.9 Å². The molecule has 0 radical (unpaired) electrons. The number of rotatable bonds is 6. The third kappa shape index (κ3) is 6.65. The van der Waals surface area contributed by atoms with Crippen LogP contribution in [0.1, 0.15) is 69.2 Å². The zero-order valence-electron chi connectivity index (χ0n) is 19.3. The van der Waals surface area contributed by atoms with E-state index >= 15 is 0 Å². The summed E-state index contributed by atoms with van der Waals surface area (Å²) in [5, 5.41) is 8.55. The Labute approximate surface area is 193 Å². The fourth-order valence-corrected chi connectivity index (χ4v) is 4.54. The number of halogens is 2. The summed E-state index contributed by atoms with van der Waals surface area (Å²) in [4.78, 5) is 39.5. The van der Waals surface area contributed by atoms with Crippen molar-refractivity contribution in [2.75, 3.05) is 13.1 Å². The maximum absolute atomic E-state index is 14.0. The van der Waals surface area contributed by atoms with E-state index in [1.165, 1.54) is 12.5 Å². The van der Waals surface area contributed by atoms with Gasteiger partial charge in [0.25, 0.3) is 5.91 Å². The van der Waals surface area contributed by atoms with E-state index < -0.39 is 29.1 Å². The van der Waals surface area contributed by atoms with Crippen LogP contribution >= 0.6 is 0 Å². The van der Waals surface area contributed by atoms with Gasteiger partial charge in [-0.15, -0.1) is 0 Å². The normalized spacial score (nSPS) is 18.6. The van der Waals surface area contributed by atoms with Gasteiger partial charge in [-0.1, -0.05) is 39.2 Å². The number of piperidine rings is 1. The first-order valence-electron chi connectivity index (χ1n) is 11.9. The molecule has 1 aliphatic carbocycles. The van der Waals surface area contributed by atoms with Crippen molar-refractivity contribution in [2.45, 2.75) is 76.9 Å². The van der Waals surface area contributed by atoms with Crippen LogP contribution in [-0.4, -0.2) is 54.0 Å². The second kappa shape index (κ2) is 11.4. The molecule has 0 spiro atoms. The predicted octanol–water partition coefficient (Wildman–Crippen LogP) is 3.34. The molecule has 7 nitrogen and oxygen atoms in total. The molecule has 33 heavy (non-hydrogen) atoms. The van der Waals surface area contributed by atoms with Crippen molar-refractivity contribution in [1.29, 1.82) is 0 Å². The zero-order chi connectivity index (χ0) is 24.0. The van der Waals surface area contributed by atoms with Crippen LogP contribution in [0.15, 0.2) is 18.2 Å². The molecule has 0 aromatic heterocycles. The third-order valence-corrected chi connectivity index (χ3v) is 6.49. The number of carbonyl (C=O) groups excluding carboxylic acids is 3. The lowest BCUT2D eigenvalue weighted by atomic mass is 9.96. The Morgan fingerprint density at radius 1 is 0.909 bits per heavy atom. The van der Waals surface area contributed by atoms with Gasteiger partial charge in [0.05, 0.1) is 0 Å². The molecule has 1 aromatic rings. The highest BCUT2D eigenvalue weighted by Gasteiger charge is 2.33. The van der Waals surface area contributed by atoms with Crippen molar-refractivity contribution in [3.63, 3.8) is 0 Å². The molecule has 2 fully saturated rings. The maximum atomic E-state index is 14.0. The van der Waals surface area contributed by atoms with Crippen LogP contribution in [-0.2, 0) is 4.79 Å². The summed E-state index contributed by atoms with van der Waals surface area (Å²) < 4.78 is 27.9. The second-order valence-corrected chi connectivity index (χ2v) is 9.34. The first-order chi connectivity index (χ1) is 15.8. The Bertz CT molecular complexity index is 830.